The third-order valence-electron chi connectivity index (χ3n) is 1.60. The molecule has 0 aromatic rings. The summed E-state index contributed by atoms with van der Waals surface area (Å²) in [7, 11) is 0. The lowest BCUT2D eigenvalue weighted by atomic mass is 10.0. The van der Waals surface area contributed by atoms with E-state index in [9.17, 15) is 9.59 Å². The Labute approximate surface area is 75.5 Å². The Morgan fingerprint density at radius 2 is 1.69 bits per heavy atom. The normalized spacial score (nSPS) is 22.1. The average molecular weight is 185 g/mol. The minimum absolute atomic E-state index is 0.0644. The molecule has 0 aliphatic carbocycles. The molecule has 0 saturated carbocycles. The first-order valence-corrected chi connectivity index (χ1v) is 3.84. The first-order valence-electron chi connectivity index (χ1n) is 3.84. The largest absolute Gasteiger partial charge is 0.422 e. The highest BCUT2D eigenvalue weighted by Crippen LogP contribution is 2.23. The summed E-state index contributed by atoms with van der Waals surface area (Å²) in [6.45, 7) is 4.31. The van der Waals surface area contributed by atoms with Crippen LogP contribution in [0.15, 0.2) is 0 Å². The summed E-state index contributed by atoms with van der Waals surface area (Å²) in [4.78, 5) is 22.4. The van der Waals surface area contributed by atoms with Gasteiger partial charge in [-0.15, -0.1) is 0 Å². The molecule has 1 N–H and O–H groups in total. The van der Waals surface area contributed by atoms with Gasteiger partial charge in [0.2, 0.25) is 0 Å². The van der Waals surface area contributed by atoms with Crippen molar-refractivity contribution in [2.75, 3.05) is 0 Å². The second-order valence-electron chi connectivity index (χ2n) is 3.36. The standard InChI is InChI=1S/C8H11NO4/c1-4(9)5-6(10)12-8(2,3)13-7(5)11/h5,9H,1-3H3. The summed E-state index contributed by atoms with van der Waals surface area (Å²) in [5.74, 6) is -3.82. The number of carbonyl (C=O) groups is 2. The van der Waals surface area contributed by atoms with E-state index >= 15 is 0 Å². The fourth-order valence-corrected chi connectivity index (χ4v) is 1.07. The lowest BCUT2D eigenvalue weighted by molar-refractivity contribution is -0.235. The van der Waals surface area contributed by atoms with Crippen LogP contribution in [0.1, 0.15) is 20.8 Å². The van der Waals surface area contributed by atoms with Gasteiger partial charge in [0.25, 0.3) is 5.79 Å². The van der Waals surface area contributed by atoms with Gasteiger partial charge in [-0.1, -0.05) is 0 Å². The van der Waals surface area contributed by atoms with Gasteiger partial charge < -0.3 is 14.9 Å². The number of rotatable bonds is 1. The fourth-order valence-electron chi connectivity index (χ4n) is 1.07. The molecule has 1 aliphatic heterocycles. The molecule has 72 valence electrons. The van der Waals surface area contributed by atoms with Gasteiger partial charge >= 0.3 is 11.9 Å². The SMILES string of the molecule is CC(=N)C1C(=O)OC(C)(C)OC1=O. The maximum Gasteiger partial charge on any atom is 0.329 e. The zero-order valence-corrected chi connectivity index (χ0v) is 7.71. The first-order chi connectivity index (χ1) is 5.83. The summed E-state index contributed by atoms with van der Waals surface area (Å²) >= 11 is 0. The number of esters is 2. The van der Waals surface area contributed by atoms with E-state index in [2.05, 4.69) is 0 Å². The molecule has 1 aliphatic rings. The molecule has 13 heavy (non-hydrogen) atoms. The number of carbonyl (C=O) groups excluding carboxylic acids is 2. The summed E-state index contributed by atoms with van der Waals surface area (Å²) in [6.07, 6.45) is 0. The Morgan fingerprint density at radius 1 is 1.31 bits per heavy atom. The maximum atomic E-state index is 11.2. The van der Waals surface area contributed by atoms with Crippen LogP contribution in [0.3, 0.4) is 0 Å². The highest BCUT2D eigenvalue weighted by molar-refractivity contribution is 6.16. The summed E-state index contributed by atoms with van der Waals surface area (Å²) in [6, 6.07) is 0. The summed E-state index contributed by atoms with van der Waals surface area (Å²) in [5, 5.41) is 7.18. The van der Waals surface area contributed by atoms with Crippen LogP contribution in [0.4, 0.5) is 0 Å². The zero-order chi connectivity index (χ0) is 10.2. The predicted octanol–water partition coefficient (Wildman–Crippen LogP) is 0.478. The van der Waals surface area contributed by atoms with Gasteiger partial charge in [-0.2, -0.15) is 0 Å². The zero-order valence-electron chi connectivity index (χ0n) is 7.71. The second-order valence-corrected chi connectivity index (χ2v) is 3.36. The molecule has 0 aromatic heterocycles. The van der Waals surface area contributed by atoms with Gasteiger partial charge in [0.15, 0.2) is 5.92 Å². The Bertz CT molecular complexity index is 262. The minimum Gasteiger partial charge on any atom is -0.422 e. The van der Waals surface area contributed by atoms with Crippen molar-refractivity contribution in [3.8, 4) is 0 Å². The van der Waals surface area contributed by atoms with E-state index in [1.165, 1.54) is 20.8 Å². The second kappa shape index (κ2) is 2.83. The minimum atomic E-state index is -1.21. The summed E-state index contributed by atoms with van der Waals surface area (Å²) in [5.41, 5.74) is -0.0644. The maximum absolute atomic E-state index is 11.2. The number of hydrogen-bond acceptors (Lipinski definition) is 5. The molecule has 5 nitrogen and oxygen atoms in total. The van der Waals surface area contributed by atoms with Crippen LogP contribution in [0.25, 0.3) is 0 Å². The number of ether oxygens (including phenoxy) is 2. The van der Waals surface area contributed by atoms with E-state index in [0.717, 1.165) is 0 Å². The van der Waals surface area contributed by atoms with Crippen molar-refractivity contribution in [2.24, 2.45) is 5.92 Å². The van der Waals surface area contributed by atoms with E-state index in [1.54, 1.807) is 0 Å². The Kier molecular flexibility index (Phi) is 2.11. The van der Waals surface area contributed by atoms with E-state index in [1.807, 2.05) is 0 Å². The molecule has 1 saturated heterocycles. The lowest BCUT2D eigenvalue weighted by Gasteiger charge is -2.32. The molecule has 0 aromatic carbocycles. The Morgan fingerprint density at radius 3 is 2.00 bits per heavy atom. The molecule has 0 atom stereocenters. The van der Waals surface area contributed by atoms with Crippen molar-refractivity contribution in [2.45, 2.75) is 26.6 Å². The Hall–Kier alpha value is -1.39. The van der Waals surface area contributed by atoms with Crippen molar-refractivity contribution in [1.29, 1.82) is 5.41 Å². The van der Waals surface area contributed by atoms with Crippen molar-refractivity contribution in [1.82, 2.24) is 0 Å². The molecule has 0 unspecified atom stereocenters. The van der Waals surface area contributed by atoms with E-state index in [0.29, 0.717) is 0 Å². The van der Waals surface area contributed by atoms with Crippen molar-refractivity contribution in [3.05, 3.63) is 0 Å². The van der Waals surface area contributed by atoms with Crippen molar-refractivity contribution >= 4 is 17.7 Å². The van der Waals surface area contributed by atoms with Crippen LogP contribution in [0.5, 0.6) is 0 Å². The average Bonchev–Trinajstić information content (AvgIpc) is 1.78. The number of nitrogens with one attached hydrogen (secondary N) is 1. The van der Waals surface area contributed by atoms with Gasteiger partial charge in [0, 0.05) is 19.6 Å². The molecular formula is C8H11NO4. The van der Waals surface area contributed by atoms with E-state index in [4.69, 9.17) is 14.9 Å². The van der Waals surface area contributed by atoms with Gasteiger partial charge in [0.05, 0.1) is 0 Å². The van der Waals surface area contributed by atoms with Crippen LogP contribution in [0, 0.1) is 11.3 Å². The molecule has 1 fully saturated rings. The number of hydrogen-bond donors (Lipinski definition) is 1. The first kappa shape index (κ1) is 9.70. The molecule has 0 spiro atoms. The molecule has 1 rings (SSSR count). The van der Waals surface area contributed by atoms with Crippen molar-refractivity contribution in [3.63, 3.8) is 0 Å². The predicted molar refractivity (Wildman–Crippen MR) is 43.2 cm³/mol. The molecule has 5 heteroatoms. The summed E-state index contributed by atoms with van der Waals surface area (Å²) < 4.78 is 9.59. The van der Waals surface area contributed by atoms with Gasteiger partial charge in [0.1, 0.15) is 0 Å². The van der Waals surface area contributed by atoms with Crippen LogP contribution < -0.4 is 0 Å². The monoisotopic (exact) mass is 185 g/mol. The fraction of sp³-hybridized carbons (Fsp3) is 0.625. The molecule has 1 heterocycles. The topological polar surface area (TPSA) is 76.5 Å². The van der Waals surface area contributed by atoms with Gasteiger partial charge in [-0.05, 0) is 6.92 Å². The van der Waals surface area contributed by atoms with Crippen molar-refractivity contribution < 1.29 is 19.1 Å². The third kappa shape index (κ3) is 1.85. The van der Waals surface area contributed by atoms with Crippen LogP contribution in [-0.2, 0) is 19.1 Å². The molecule has 0 amide bonds. The smallest absolute Gasteiger partial charge is 0.329 e. The van der Waals surface area contributed by atoms with Crippen LogP contribution >= 0.6 is 0 Å². The van der Waals surface area contributed by atoms with E-state index < -0.39 is 23.6 Å². The van der Waals surface area contributed by atoms with Gasteiger partial charge in [-0.3, -0.25) is 9.59 Å². The van der Waals surface area contributed by atoms with E-state index in [-0.39, 0.29) is 5.71 Å². The highest BCUT2D eigenvalue weighted by Gasteiger charge is 2.44. The molecular weight excluding hydrogens is 174 g/mol. The Balaban J connectivity index is 2.89. The lowest BCUT2D eigenvalue weighted by Crippen LogP contribution is -2.48. The molecule has 0 radical (unpaired) electrons. The van der Waals surface area contributed by atoms with Crippen LogP contribution in [0.2, 0.25) is 0 Å². The highest BCUT2D eigenvalue weighted by atomic mass is 16.7. The molecule has 0 bridgehead atoms. The van der Waals surface area contributed by atoms with Crippen LogP contribution in [-0.4, -0.2) is 23.4 Å². The van der Waals surface area contributed by atoms with Gasteiger partial charge in [-0.25, -0.2) is 0 Å². The quantitative estimate of drug-likeness (QED) is 0.366. The third-order valence-corrected chi connectivity index (χ3v) is 1.60. The number of cyclic esters (lactones) is 2.